The number of carbonyl (C=O) groups is 3. The Balaban J connectivity index is 1.27. The van der Waals surface area contributed by atoms with Gasteiger partial charge in [-0.15, -0.1) is 0 Å². The number of aromatic nitrogens is 1. The molecule has 2 N–H and O–H groups in total. The molecule has 3 aliphatic rings. The minimum Gasteiger partial charge on any atom is -0.456 e. The number of nitrogen functional groups attached to an aromatic ring is 1. The molecule has 2 atom stereocenters. The van der Waals surface area contributed by atoms with Crippen LogP contribution in [0.5, 0.6) is 0 Å². The van der Waals surface area contributed by atoms with Crippen LogP contribution in [0, 0.1) is 11.6 Å². The highest BCUT2D eigenvalue weighted by Gasteiger charge is 2.44. The third-order valence-electron chi connectivity index (χ3n) is 6.82. The van der Waals surface area contributed by atoms with E-state index in [1.54, 1.807) is 0 Å². The summed E-state index contributed by atoms with van der Waals surface area (Å²) < 4.78 is 39.6. The molecule has 36 heavy (non-hydrogen) atoms. The molecule has 0 bridgehead atoms. The minimum absolute atomic E-state index is 0.0827. The monoisotopic (exact) mass is 517 g/mol. The van der Waals surface area contributed by atoms with Crippen LogP contribution in [0.4, 0.5) is 14.5 Å². The molecule has 0 saturated carbocycles. The minimum atomic E-state index is -0.903. The largest absolute Gasteiger partial charge is 0.456 e. The van der Waals surface area contributed by atoms with E-state index < -0.39 is 41.9 Å². The fourth-order valence-corrected chi connectivity index (χ4v) is 5.07. The van der Waals surface area contributed by atoms with E-state index in [1.807, 2.05) is 0 Å². The average Bonchev–Trinajstić information content (AvgIpc) is 3.25. The van der Waals surface area contributed by atoms with E-state index >= 15 is 0 Å². The van der Waals surface area contributed by atoms with Crippen molar-refractivity contribution in [2.45, 2.75) is 37.3 Å². The van der Waals surface area contributed by atoms with Crippen LogP contribution in [-0.4, -0.2) is 59.4 Å². The summed E-state index contributed by atoms with van der Waals surface area (Å²) in [6.07, 6.45) is 3.65. The van der Waals surface area contributed by atoms with Crippen LogP contribution in [-0.2, 0) is 19.1 Å². The molecule has 0 unspecified atom stereocenters. The molecule has 1 amide bonds. The van der Waals surface area contributed by atoms with Gasteiger partial charge in [-0.3, -0.25) is 14.6 Å². The molecule has 11 heteroatoms. The van der Waals surface area contributed by atoms with E-state index in [1.165, 1.54) is 35.4 Å². The lowest BCUT2D eigenvalue weighted by Crippen LogP contribution is -2.47. The Morgan fingerprint density at radius 3 is 2.69 bits per heavy atom. The molecule has 0 radical (unpaired) electrons. The van der Waals surface area contributed by atoms with Gasteiger partial charge in [0.25, 0.3) is 0 Å². The number of fused-ring (bicyclic) bond motifs is 1. The van der Waals surface area contributed by atoms with Gasteiger partial charge in [0.2, 0.25) is 11.7 Å². The van der Waals surface area contributed by atoms with Gasteiger partial charge in [-0.2, -0.15) is 0 Å². The van der Waals surface area contributed by atoms with Crippen LogP contribution < -0.4 is 5.73 Å². The van der Waals surface area contributed by atoms with Crippen molar-refractivity contribution in [3.8, 4) is 0 Å². The lowest BCUT2D eigenvalue weighted by molar-refractivity contribution is -0.152. The summed E-state index contributed by atoms with van der Waals surface area (Å²) in [5.41, 5.74) is 6.52. The van der Waals surface area contributed by atoms with Gasteiger partial charge >= 0.3 is 5.97 Å². The maximum absolute atomic E-state index is 14.8. The second-order valence-electron chi connectivity index (χ2n) is 9.01. The fourth-order valence-electron chi connectivity index (χ4n) is 4.91. The van der Waals surface area contributed by atoms with Crippen molar-refractivity contribution in [1.82, 2.24) is 9.88 Å². The number of nitrogens with two attached hydrogens (primary N) is 1. The van der Waals surface area contributed by atoms with Crippen molar-refractivity contribution in [1.29, 1.82) is 0 Å². The van der Waals surface area contributed by atoms with Crippen molar-refractivity contribution < 1.29 is 32.6 Å². The Labute approximate surface area is 210 Å². The zero-order valence-electron chi connectivity index (χ0n) is 19.0. The topological polar surface area (TPSA) is 112 Å². The van der Waals surface area contributed by atoms with E-state index in [0.29, 0.717) is 31.6 Å². The summed E-state index contributed by atoms with van der Waals surface area (Å²) in [6.45, 7) is -0.0130. The van der Waals surface area contributed by atoms with Crippen LogP contribution in [0.3, 0.4) is 0 Å². The number of hydrogen-bond donors (Lipinski definition) is 1. The van der Waals surface area contributed by atoms with E-state index in [0.717, 1.165) is 0 Å². The summed E-state index contributed by atoms with van der Waals surface area (Å²) in [4.78, 5) is 43.7. The van der Waals surface area contributed by atoms with Gasteiger partial charge in [0.05, 0.1) is 35.4 Å². The molecule has 4 heterocycles. The molecule has 3 aliphatic heterocycles. The van der Waals surface area contributed by atoms with Gasteiger partial charge in [0, 0.05) is 29.6 Å². The number of rotatable bonds is 6. The predicted octanol–water partition coefficient (Wildman–Crippen LogP) is 3.28. The van der Waals surface area contributed by atoms with Gasteiger partial charge in [-0.05, 0) is 43.0 Å². The van der Waals surface area contributed by atoms with E-state index in [9.17, 15) is 23.2 Å². The quantitative estimate of drug-likeness (QED) is 0.355. The fraction of sp³-hybridized carbons (Fsp3) is 0.360. The molecule has 2 aromatic rings. The van der Waals surface area contributed by atoms with Crippen LogP contribution in [0.25, 0.3) is 5.57 Å². The third kappa shape index (κ3) is 4.24. The number of amides is 1. The molecule has 2 fully saturated rings. The highest BCUT2D eigenvalue weighted by atomic mass is 35.5. The number of anilines is 1. The van der Waals surface area contributed by atoms with E-state index in [2.05, 4.69) is 4.98 Å². The molecule has 0 aliphatic carbocycles. The van der Waals surface area contributed by atoms with Crippen LogP contribution >= 0.6 is 11.6 Å². The van der Waals surface area contributed by atoms with Gasteiger partial charge in [0.1, 0.15) is 6.04 Å². The number of halogens is 3. The second kappa shape index (κ2) is 9.59. The third-order valence-corrected chi connectivity index (χ3v) is 7.11. The Kier molecular flexibility index (Phi) is 6.48. The maximum Gasteiger partial charge on any atom is 0.329 e. The summed E-state index contributed by atoms with van der Waals surface area (Å²) in [5.74, 6) is -3.62. The standard InChI is InChI=1S/C25H22ClF2N3O5/c26-16-2-3-17(29)21(23(16)28)12-7-14-1-4-18(31(14)20(33)8-12)25(34)36-11-19(32)15-5-6-30-24(22(15)27)13-9-35-10-13/h2-3,5-6,8,13-14,18H,1,4,7,9-11,29H2/t14-,18+/m0/s1. The molecular weight excluding hydrogens is 496 g/mol. The predicted molar refractivity (Wildman–Crippen MR) is 125 cm³/mol. The molecule has 188 valence electrons. The molecule has 8 nitrogen and oxygen atoms in total. The Morgan fingerprint density at radius 2 is 1.97 bits per heavy atom. The van der Waals surface area contributed by atoms with Crippen molar-refractivity contribution in [3.63, 3.8) is 0 Å². The smallest absolute Gasteiger partial charge is 0.329 e. The molecule has 2 saturated heterocycles. The maximum atomic E-state index is 14.8. The lowest BCUT2D eigenvalue weighted by atomic mass is 9.92. The van der Waals surface area contributed by atoms with E-state index in [4.69, 9.17) is 26.8 Å². The first-order valence-electron chi connectivity index (χ1n) is 11.4. The van der Waals surface area contributed by atoms with Crippen molar-refractivity contribution in [3.05, 3.63) is 63.9 Å². The summed E-state index contributed by atoms with van der Waals surface area (Å²) >= 11 is 5.89. The molecule has 5 rings (SSSR count). The number of hydrogen-bond acceptors (Lipinski definition) is 7. The van der Waals surface area contributed by atoms with Crippen LogP contribution in [0.15, 0.2) is 30.5 Å². The molecule has 1 aromatic carbocycles. The number of ketones is 1. The second-order valence-corrected chi connectivity index (χ2v) is 9.42. The van der Waals surface area contributed by atoms with Gasteiger partial charge in [-0.1, -0.05) is 11.6 Å². The number of pyridine rings is 1. The van der Waals surface area contributed by atoms with Crippen molar-refractivity contribution in [2.75, 3.05) is 25.6 Å². The number of esters is 1. The number of benzene rings is 1. The first-order valence-corrected chi connectivity index (χ1v) is 11.8. The highest BCUT2D eigenvalue weighted by Crippen LogP contribution is 2.40. The van der Waals surface area contributed by atoms with Crippen LogP contribution in [0.1, 0.15) is 46.8 Å². The first kappa shape index (κ1) is 24.3. The molecule has 0 spiro atoms. The SMILES string of the molecule is Nc1ccc(Cl)c(F)c1C1=CC(=O)N2[C@@H](CC[C@@H]2C(=O)OCC(=O)c2ccnc(C3COC3)c2F)C1. The molecular formula is C25H22ClF2N3O5. The van der Waals surface area contributed by atoms with Gasteiger partial charge < -0.3 is 20.1 Å². The Morgan fingerprint density at radius 1 is 1.19 bits per heavy atom. The normalized spacial score (nSPS) is 21.6. The highest BCUT2D eigenvalue weighted by molar-refractivity contribution is 6.31. The van der Waals surface area contributed by atoms with Crippen molar-refractivity contribution >= 4 is 40.5 Å². The summed E-state index contributed by atoms with van der Waals surface area (Å²) in [7, 11) is 0. The zero-order valence-corrected chi connectivity index (χ0v) is 19.8. The number of carbonyl (C=O) groups excluding carboxylic acids is 3. The number of nitrogens with zero attached hydrogens (tertiary/aromatic N) is 2. The first-order chi connectivity index (χ1) is 17.3. The van der Waals surface area contributed by atoms with E-state index in [-0.39, 0.29) is 45.9 Å². The number of ether oxygens (including phenoxy) is 2. The Hall–Kier alpha value is -3.37. The molecule has 1 aromatic heterocycles. The zero-order chi connectivity index (χ0) is 25.6. The average molecular weight is 518 g/mol. The Bertz CT molecular complexity index is 1300. The number of Topliss-reactive ketones (excluding diaryl/α,β-unsaturated/α-hetero) is 1. The van der Waals surface area contributed by atoms with Crippen LogP contribution in [0.2, 0.25) is 5.02 Å². The van der Waals surface area contributed by atoms with Crippen molar-refractivity contribution in [2.24, 2.45) is 0 Å². The summed E-state index contributed by atoms with van der Waals surface area (Å²) in [5, 5.41) is -0.105. The van der Waals surface area contributed by atoms with Gasteiger partial charge in [0.15, 0.2) is 18.2 Å². The summed E-state index contributed by atoms with van der Waals surface area (Å²) in [6, 6.07) is 2.78. The lowest BCUT2D eigenvalue weighted by Gasteiger charge is -2.33. The van der Waals surface area contributed by atoms with Gasteiger partial charge in [-0.25, -0.2) is 13.6 Å².